The molecule has 0 unspecified atom stereocenters. The van der Waals surface area contributed by atoms with Crippen molar-refractivity contribution in [3.8, 4) is 0 Å². The molecule has 0 atom stereocenters. The van der Waals surface area contributed by atoms with Gasteiger partial charge in [0, 0.05) is 0 Å². The third-order valence-electron chi connectivity index (χ3n) is 0.352. The van der Waals surface area contributed by atoms with Gasteiger partial charge in [-0.05, 0) is 0 Å². The number of hydrogen-bond donors (Lipinski definition) is 4. The van der Waals surface area contributed by atoms with E-state index in [1.165, 1.54) is 5.32 Å². The molecule has 0 radical (unpaired) electrons. The van der Waals surface area contributed by atoms with Crippen molar-refractivity contribution < 1.29 is 14.7 Å². The number of carbonyl (C=O) groups is 2. The van der Waals surface area contributed by atoms with Crippen LogP contribution in [0.25, 0.3) is 0 Å². The second kappa shape index (κ2) is 2.80. The first-order valence-electron chi connectivity index (χ1n) is 1.67. The smallest absolute Gasteiger partial charge is 0.412 e. The topological polar surface area (TPSA) is 104 Å². The molecule has 0 spiro atoms. The number of imide groups is 1. The predicted molar refractivity (Wildman–Crippen MR) is 23.9 cm³/mol. The molecular weight excluding hydrogens is 114 g/mol. The van der Waals surface area contributed by atoms with Gasteiger partial charge in [0.15, 0.2) is 0 Å². The van der Waals surface area contributed by atoms with Crippen LogP contribution >= 0.6 is 0 Å². The predicted octanol–water partition coefficient (Wildman–Crippen LogP) is -1.16. The summed E-state index contributed by atoms with van der Waals surface area (Å²) in [4.78, 5) is 19.4. The van der Waals surface area contributed by atoms with Crippen LogP contribution < -0.4 is 16.6 Å². The Labute approximate surface area is 44.6 Å². The standard InChI is InChI=1S/C2H5N3O3/c3-5-1(6)4-2(7)8/h3H2,(H,7,8)(H2,4,5,6). The van der Waals surface area contributed by atoms with E-state index in [9.17, 15) is 9.59 Å². The number of amides is 3. The first-order valence-corrected chi connectivity index (χ1v) is 1.67. The zero-order valence-electron chi connectivity index (χ0n) is 3.84. The molecule has 0 saturated carbocycles. The Morgan fingerprint density at radius 2 is 2.00 bits per heavy atom. The van der Waals surface area contributed by atoms with Gasteiger partial charge in [0.1, 0.15) is 0 Å². The van der Waals surface area contributed by atoms with Crippen molar-refractivity contribution in [2.75, 3.05) is 0 Å². The van der Waals surface area contributed by atoms with E-state index in [1.54, 1.807) is 5.43 Å². The fraction of sp³-hybridized carbons (Fsp3) is 0. The van der Waals surface area contributed by atoms with E-state index in [1.807, 2.05) is 0 Å². The summed E-state index contributed by atoms with van der Waals surface area (Å²) < 4.78 is 0. The first-order chi connectivity index (χ1) is 3.66. The maximum Gasteiger partial charge on any atom is 0.412 e. The molecule has 0 aromatic carbocycles. The van der Waals surface area contributed by atoms with E-state index in [0.29, 0.717) is 0 Å². The molecule has 6 nitrogen and oxygen atoms in total. The lowest BCUT2D eigenvalue weighted by molar-refractivity contribution is 0.192. The fourth-order valence-corrected chi connectivity index (χ4v) is 0.133. The molecule has 6 heteroatoms. The maximum absolute atomic E-state index is 9.89. The number of nitrogens with one attached hydrogen (secondary N) is 2. The lowest BCUT2D eigenvalue weighted by Crippen LogP contribution is -2.42. The lowest BCUT2D eigenvalue weighted by Gasteiger charge is -1.93. The van der Waals surface area contributed by atoms with Crippen molar-refractivity contribution in [3.63, 3.8) is 0 Å². The number of carboxylic acid groups (broad SMARTS) is 1. The Kier molecular flexibility index (Phi) is 2.35. The summed E-state index contributed by atoms with van der Waals surface area (Å²) in [6.45, 7) is 0. The monoisotopic (exact) mass is 119 g/mol. The third-order valence-corrected chi connectivity index (χ3v) is 0.352. The maximum atomic E-state index is 9.89. The van der Waals surface area contributed by atoms with Gasteiger partial charge < -0.3 is 5.11 Å². The van der Waals surface area contributed by atoms with Crippen molar-refractivity contribution in [1.29, 1.82) is 0 Å². The van der Waals surface area contributed by atoms with E-state index in [4.69, 9.17) is 5.11 Å². The van der Waals surface area contributed by atoms with Crippen LogP contribution in [-0.4, -0.2) is 17.2 Å². The Hall–Kier alpha value is -1.30. The summed E-state index contributed by atoms with van der Waals surface area (Å²) in [6, 6.07) is -0.947. The molecule has 8 heavy (non-hydrogen) atoms. The first kappa shape index (κ1) is 6.70. The number of urea groups is 1. The summed E-state index contributed by atoms with van der Waals surface area (Å²) in [5.41, 5.74) is 1.57. The molecule has 46 valence electrons. The number of hydrogen-bond acceptors (Lipinski definition) is 3. The van der Waals surface area contributed by atoms with Crippen LogP contribution in [0.5, 0.6) is 0 Å². The molecule has 5 N–H and O–H groups in total. The van der Waals surface area contributed by atoms with Crippen LogP contribution in [0, 0.1) is 0 Å². The van der Waals surface area contributed by atoms with Crippen LogP contribution in [0.2, 0.25) is 0 Å². The van der Waals surface area contributed by atoms with E-state index >= 15 is 0 Å². The number of hydrazine groups is 1. The molecule has 0 heterocycles. The van der Waals surface area contributed by atoms with E-state index in [-0.39, 0.29) is 0 Å². The lowest BCUT2D eigenvalue weighted by atomic mass is 11.0. The summed E-state index contributed by atoms with van der Waals surface area (Å²) >= 11 is 0. The van der Waals surface area contributed by atoms with Crippen molar-refractivity contribution in [2.45, 2.75) is 0 Å². The van der Waals surface area contributed by atoms with E-state index in [2.05, 4.69) is 5.84 Å². The molecule has 0 bridgehead atoms. The van der Waals surface area contributed by atoms with Gasteiger partial charge >= 0.3 is 12.1 Å². The largest absolute Gasteiger partial charge is 0.465 e. The molecule has 0 rings (SSSR count). The van der Waals surface area contributed by atoms with Gasteiger partial charge in [0.05, 0.1) is 0 Å². The zero-order chi connectivity index (χ0) is 6.57. The zero-order valence-corrected chi connectivity index (χ0v) is 3.84. The van der Waals surface area contributed by atoms with Gasteiger partial charge in [0.25, 0.3) is 0 Å². The molecule has 0 fully saturated rings. The summed E-state index contributed by atoms with van der Waals surface area (Å²) in [6.07, 6.45) is -1.44. The van der Waals surface area contributed by atoms with Gasteiger partial charge in [-0.15, -0.1) is 0 Å². The minimum Gasteiger partial charge on any atom is -0.465 e. The van der Waals surface area contributed by atoms with Crippen LogP contribution in [0.15, 0.2) is 0 Å². The fourth-order valence-electron chi connectivity index (χ4n) is 0.133. The van der Waals surface area contributed by atoms with E-state index < -0.39 is 12.1 Å². The van der Waals surface area contributed by atoms with Crippen LogP contribution in [-0.2, 0) is 0 Å². The SMILES string of the molecule is NNC(=O)NC(=O)O. The molecule has 0 saturated heterocycles. The molecule has 0 aromatic heterocycles. The van der Waals surface area contributed by atoms with Crippen LogP contribution in [0.4, 0.5) is 9.59 Å². The third kappa shape index (κ3) is 2.91. The molecule has 0 aromatic rings. The summed E-state index contributed by atoms with van der Waals surface area (Å²) in [5, 5.41) is 9.22. The number of rotatable bonds is 0. The van der Waals surface area contributed by atoms with Gasteiger partial charge in [-0.2, -0.15) is 0 Å². The minimum absolute atomic E-state index is 0.947. The Bertz CT molecular complexity index is 111. The average molecular weight is 119 g/mol. The summed E-state index contributed by atoms with van der Waals surface area (Å²) in [7, 11) is 0. The highest BCUT2D eigenvalue weighted by molar-refractivity contribution is 5.89. The second-order valence-electron chi connectivity index (χ2n) is 0.904. The summed E-state index contributed by atoms with van der Waals surface area (Å²) in [5.74, 6) is 4.49. The van der Waals surface area contributed by atoms with Crippen molar-refractivity contribution in [3.05, 3.63) is 0 Å². The minimum atomic E-state index is -1.44. The van der Waals surface area contributed by atoms with E-state index in [0.717, 1.165) is 0 Å². The molecule has 0 aliphatic heterocycles. The Morgan fingerprint density at radius 1 is 1.50 bits per heavy atom. The highest BCUT2D eigenvalue weighted by Crippen LogP contribution is 1.58. The Morgan fingerprint density at radius 3 is 2.12 bits per heavy atom. The molecule has 0 aliphatic carbocycles. The van der Waals surface area contributed by atoms with Gasteiger partial charge in [-0.3, -0.25) is 5.43 Å². The molecular formula is C2H5N3O3. The van der Waals surface area contributed by atoms with Crippen LogP contribution in [0.3, 0.4) is 0 Å². The molecule has 0 aliphatic rings. The van der Waals surface area contributed by atoms with Gasteiger partial charge in [-0.1, -0.05) is 0 Å². The Balaban J connectivity index is 3.40. The second-order valence-corrected chi connectivity index (χ2v) is 0.904. The van der Waals surface area contributed by atoms with Crippen molar-refractivity contribution in [2.24, 2.45) is 5.84 Å². The highest BCUT2D eigenvalue weighted by Gasteiger charge is 1.99. The highest BCUT2D eigenvalue weighted by atomic mass is 16.4. The van der Waals surface area contributed by atoms with Crippen molar-refractivity contribution >= 4 is 12.1 Å². The van der Waals surface area contributed by atoms with Gasteiger partial charge in [-0.25, -0.2) is 20.7 Å². The number of nitrogens with two attached hydrogens (primary N) is 1. The quantitative estimate of drug-likeness (QED) is 0.183. The van der Waals surface area contributed by atoms with Gasteiger partial charge in [0.2, 0.25) is 0 Å². The van der Waals surface area contributed by atoms with Crippen LogP contribution in [0.1, 0.15) is 0 Å². The van der Waals surface area contributed by atoms with Crippen molar-refractivity contribution in [1.82, 2.24) is 10.7 Å². The molecule has 3 amide bonds. The number of carbonyl (C=O) groups excluding carboxylic acids is 1. The normalized spacial score (nSPS) is 7.62. The average Bonchev–Trinajstić information content (AvgIpc) is 1.65.